The molecule has 5 rings (SSSR count). The van der Waals surface area contributed by atoms with E-state index in [1.54, 1.807) is 36.4 Å². The summed E-state index contributed by atoms with van der Waals surface area (Å²) in [5.74, 6) is -1.29. The number of aliphatic hydroxyl groups is 1. The molecule has 33 heavy (non-hydrogen) atoms. The first kappa shape index (κ1) is 21.4. The third kappa shape index (κ3) is 3.61. The molecule has 0 radical (unpaired) electrons. The first-order valence-electron chi connectivity index (χ1n) is 10.2. The first-order valence-corrected chi connectivity index (χ1v) is 10.9. The van der Waals surface area contributed by atoms with E-state index in [-0.39, 0.29) is 22.1 Å². The molecule has 2 aliphatic heterocycles. The maximum absolute atomic E-state index is 13.2. The number of nitrogens with zero attached hydrogens (tertiary/aromatic N) is 1. The molecule has 2 aliphatic rings. The van der Waals surface area contributed by atoms with E-state index in [1.165, 1.54) is 29.2 Å². The Morgan fingerprint density at radius 2 is 1.82 bits per heavy atom. The fraction of sp³-hybridized carbons (Fsp3) is 0.120. The molecule has 8 heteroatoms. The van der Waals surface area contributed by atoms with Gasteiger partial charge in [-0.05, 0) is 59.7 Å². The van der Waals surface area contributed by atoms with Gasteiger partial charge in [-0.2, -0.15) is 0 Å². The number of hydrogen-bond acceptors (Lipinski definition) is 5. The zero-order chi connectivity index (χ0) is 23.3. The number of hydrogen-bond donors (Lipinski definition) is 2. The summed E-state index contributed by atoms with van der Waals surface area (Å²) in [7, 11) is 0. The van der Waals surface area contributed by atoms with Crippen molar-refractivity contribution in [1.29, 1.82) is 0 Å². The van der Waals surface area contributed by atoms with Crippen LogP contribution in [0, 0.1) is 0 Å². The monoisotopic (exact) mass is 481 g/mol. The second kappa shape index (κ2) is 8.14. The van der Waals surface area contributed by atoms with Gasteiger partial charge in [0.1, 0.15) is 17.3 Å². The maximum Gasteiger partial charge on any atom is 0.300 e. The molecule has 0 spiro atoms. The Kier molecular flexibility index (Phi) is 5.27. The van der Waals surface area contributed by atoms with Gasteiger partial charge >= 0.3 is 0 Å². The van der Waals surface area contributed by atoms with Crippen LogP contribution < -0.4 is 9.64 Å². The van der Waals surface area contributed by atoms with Crippen molar-refractivity contribution in [2.24, 2.45) is 0 Å². The van der Waals surface area contributed by atoms with Crippen molar-refractivity contribution in [3.63, 3.8) is 0 Å². The molecule has 1 amide bonds. The predicted molar refractivity (Wildman–Crippen MR) is 125 cm³/mol. The minimum atomic E-state index is -0.987. The highest BCUT2D eigenvalue weighted by atomic mass is 35.5. The standard InChI is InChI=1S/C25H17Cl2NO5/c26-18-6-5-16(12-19(18)27)28-22(14-2-1-3-17(29)11-14)21(24(31)25(28)32)23(30)15-4-7-20-13(10-15)8-9-33-20/h1-7,10-12,22,29-30H,8-9H2/b23-21-. The second-order valence-corrected chi connectivity index (χ2v) is 8.60. The number of halogens is 2. The Labute approximate surface area is 199 Å². The molecule has 0 saturated carbocycles. The molecule has 6 nitrogen and oxygen atoms in total. The van der Waals surface area contributed by atoms with Gasteiger partial charge in [-0.3, -0.25) is 14.5 Å². The van der Waals surface area contributed by atoms with Gasteiger partial charge < -0.3 is 14.9 Å². The van der Waals surface area contributed by atoms with E-state index >= 15 is 0 Å². The zero-order valence-electron chi connectivity index (χ0n) is 17.1. The lowest BCUT2D eigenvalue weighted by Crippen LogP contribution is -2.29. The summed E-state index contributed by atoms with van der Waals surface area (Å²) in [4.78, 5) is 27.6. The normalized spacial score (nSPS) is 19.0. The van der Waals surface area contributed by atoms with Gasteiger partial charge in [0.2, 0.25) is 0 Å². The third-order valence-electron chi connectivity index (χ3n) is 5.77. The molecule has 1 unspecified atom stereocenters. The Hall–Kier alpha value is -3.48. The third-order valence-corrected chi connectivity index (χ3v) is 6.51. The maximum atomic E-state index is 13.2. The van der Waals surface area contributed by atoms with Crippen LogP contribution in [0.2, 0.25) is 10.0 Å². The number of ether oxygens (including phenoxy) is 1. The van der Waals surface area contributed by atoms with Crippen LogP contribution in [0.5, 0.6) is 11.5 Å². The highest BCUT2D eigenvalue weighted by molar-refractivity contribution is 6.52. The summed E-state index contributed by atoms with van der Waals surface area (Å²) in [5.41, 5.74) is 2.01. The molecule has 0 aliphatic carbocycles. The fourth-order valence-electron chi connectivity index (χ4n) is 4.23. The lowest BCUT2D eigenvalue weighted by molar-refractivity contribution is -0.132. The number of aliphatic hydroxyl groups excluding tert-OH is 1. The van der Waals surface area contributed by atoms with Crippen LogP contribution >= 0.6 is 23.2 Å². The highest BCUT2D eigenvalue weighted by Gasteiger charge is 2.47. The van der Waals surface area contributed by atoms with E-state index in [0.29, 0.717) is 34.9 Å². The topological polar surface area (TPSA) is 87.1 Å². The van der Waals surface area contributed by atoms with Gasteiger partial charge in [0.15, 0.2) is 0 Å². The summed E-state index contributed by atoms with van der Waals surface area (Å²) in [6, 6.07) is 14.9. The Morgan fingerprint density at radius 1 is 1.00 bits per heavy atom. The highest BCUT2D eigenvalue weighted by Crippen LogP contribution is 2.44. The van der Waals surface area contributed by atoms with Crippen molar-refractivity contribution in [2.45, 2.75) is 12.5 Å². The summed E-state index contributed by atoms with van der Waals surface area (Å²) in [6.07, 6.45) is 0.685. The van der Waals surface area contributed by atoms with Crippen LogP contribution in [0.25, 0.3) is 5.76 Å². The van der Waals surface area contributed by atoms with Crippen LogP contribution in [0.1, 0.15) is 22.7 Å². The number of rotatable bonds is 3. The molecule has 1 atom stereocenters. The van der Waals surface area contributed by atoms with E-state index in [1.807, 2.05) is 0 Å². The molecular formula is C25H17Cl2NO5. The summed E-state index contributed by atoms with van der Waals surface area (Å²) in [6.45, 7) is 0.546. The second-order valence-electron chi connectivity index (χ2n) is 7.78. The van der Waals surface area contributed by atoms with E-state index in [9.17, 15) is 19.8 Å². The van der Waals surface area contributed by atoms with Gasteiger partial charge in [-0.25, -0.2) is 0 Å². The number of ketones is 1. The number of anilines is 1. The van der Waals surface area contributed by atoms with Crippen molar-refractivity contribution < 1.29 is 24.5 Å². The number of Topliss-reactive ketones (excluding diaryl/α,β-unsaturated/α-hetero) is 1. The number of aromatic hydroxyl groups is 1. The van der Waals surface area contributed by atoms with Crippen molar-refractivity contribution in [2.75, 3.05) is 11.5 Å². The van der Waals surface area contributed by atoms with E-state index < -0.39 is 17.7 Å². The molecular weight excluding hydrogens is 465 g/mol. The van der Waals surface area contributed by atoms with E-state index in [2.05, 4.69) is 0 Å². The molecule has 0 bridgehead atoms. The molecule has 1 fully saturated rings. The summed E-state index contributed by atoms with van der Waals surface area (Å²) in [5, 5.41) is 21.8. The average molecular weight is 482 g/mol. The summed E-state index contributed by atoms with van der Waals surface area (Å²) < 4.78 is 5.52. The number of phenolic OH excluding ortho intramolecular Hbond substituents is 1. The van der Waals surface area contributed by atoms with Crippen LogP contribution in [0.15, 0.2) is 66.2 Å². The van der Waals surface area contributed by atoms with E-state index in [4.69, 9.17) is 27.9 Å². The van der Waals surface area contributed by atoms with E-state index in [0.717, 1.165) is 11.3 Å². The van der Waals surface area contributed by atoms with Crippen LogP contribution in [-0.4, -0.2) is 28.5 Å². The molecule has 0 aromatic heterocycles. The smallest absolute Gasteiger partial charge is 0.300 e. The molecule has 2 heterocycles. The number of benzene rings is 3. The molecule has 1 saturated heterocycles. The summed E-state index contributed by atoms with van der Waals surface area (Å²) >= 11 is 12.2. The first-order chi connectivity index (χ1) is 15.8. The number of phenols is 1. The van der Waals surface area contributed by atoms with Crippen LogP contribution in [0.3, 0.4) is 0 Å². The van der Waals surface area contributed by atoms with Gasteiger partial charge in [-0.15, -0.1) is 0 Å². The molecule has 2 N–H and O–H groups in total. The zero-order valence-corrected chi connectivity index (χ0v) is 18.6. The molecule has 3 aromatic rings. The SMILES string of the molecule is O=C1C(=O)N(c2ccc(Cl)c(Cl)c2)C(c2cccc(O)c2)/C1=C(/O)c1ccc2c(c1)CCO2. The number of fused-ring (bicyclic) bond motifs is 1. The van der Waals surface area contributed by atoms with Crippen molar-refractivity contribution in [3.8, 4) is 11.5 Å². The van der Waals surface area contributed by atoms with Crippen molar-refractivity contribution in [1.82, 2.24) is 0 Å². The molecule has 3 aromatic carbocycles. The predicted octanol–water partition coefficient (Wildman–Crippen LogP) is 5.26. The van der Waals surface area contributed by atoms with Crippen LogP contribution in [-0.2, 0) is 16.0 Å². The average Bonchev–Trinajstić information content (AvgIpc) is 3.37. The molecule has 166 valence electrons. The Morgan fingerprint density at radius 3 is 2.58 bits per heavy atom. The number of carbonyl (C=O) groups is 2. The quantitative estimate of drug-likeness (QED) is 0.302. The fourth-order valence-corrected chi connectivity index (χ4v) is 4.53. The van der Waals surface area contributed by atoms with Gasteiger partial charge in [0.05, 0.1) is 28.3 Å². The largest absolute Gasteiger partial charge is 0.508 e. The number of amides is 1. The Balaban J connectivity index is 1.72. The van der Waals surface area contributed by atoms with Gasteiger partial charge in [0, 0.05) is 17.7 Å². The van der Waals surface area contributed by atoms with Gasteiger partial charge in [-0.1, -0.05) is 35.3 Å². The minimum absolute atomic E-state index is 0.0399. The Bertz CT molecular complexity index is 1350. The number of carbonyl (C=O) groups excluding carboxylic acids is 2. The lowest BCUT2D eigenvalue weighted by atomic mass is 9.94. The van der Waals surface area contributed by atoms with Crippen molar-refractivity contribution >= 4 is 46.3 Å². The van der Waals surface area contributed by atoms with Crippen LogP contribution in [0.4, 0.5) is 5.69 Å². The minimum Gasteiger partial charge on any atom is -0.508 e. The lowest BCUT2D eigenvalue weighted by Gasteiger charge is -2.26. The van der Waals surface area contributed by atoms with Crippen molar-refractivity contribution in [3.05, 3.63) is 93.0 Å². The van der Waals surface area contributed by atoms with Gasteiger partial charge in [0.25, 0.3) is 11.7 Å².